The van der Waals surface area contributed by atoms with Crippen LogP contribution in [0.2, 0.25) is 5.02 Å². The van der Waals surface area contributed by atoms with Gasteiger partial charge in [0.1, 0.15) is 5.82 Å². The van der Waals surface area contributed by atoms with Gasteiger partial charge in [-0.2, -0.15) is 15.0 Å². The van der Waals surface area contributed by atoms with Gasteiger partial charge < -0.3 is 16.8 Å². The summed E-state index contributed by atoms with van der Waals surface area (Å²) in [6.45, 7) is 0. The first kappa shape index (κ1) is 15.3. The SMILES string of the molecule is Nc1nc(N)nc(CSCC(=O)Nc2ccccc2Cl)n1. The van der Waals surface area contributed by atoms with Crippen molar-refractivity contribution in [1.82, 2.24) is 15.0 Å². The van der Waals surface area contributed by atoms with Crippen LogP contribution in [0.1, 0.15) is 5.82 Å². The van der Waals surface area contributed by atoms with Crippen LogP contribution in [0, 0.1) is 0 Å². The molecule has 0 fully saturated rings. The van der Waals surface area contributed by atoms with Crippen molar-refractivity contribution in [3.05, 3.63) is 35.1 Å². The minimum absolute atomic E-state index is 0.0682. The predicted octanol–water partition coefficient (Wildman–Crippen LogP) is 1.56. The summed E-state index contributed by atoms with van der Waals surface area (Å²) in [5.41, 5.74) is 11.5. The number of halogens is 1. The molecule has 0 aliphatic carbocycles. The lowest BCUT2D eigenvalue weighted by atomic mass is 10.3. The van der Waals surface area contributed by atoms with E-state index >= 15 is 0 Å². The van der Waals surface area contributed by atoms with Crippen LogP contribution in [0.15, 0.2) is 24.3 Å². The van der Waals surface area contributed by atoms with Gasteiger partial charge in [-0.3, -0.25) is 4.79 Å². The Balaban J connectivity index is 1.83. The number of nitrogens with zero attached hydrogens (tertiary/aromatic N) is 3. The van der Waals surface area contributed by atoms with Crippen molar-refractivity contribution in [2.45, 2.75) is 5.75 Å². The fraction of sp³-hybridized carbons (Fsp3) is 0.167. The average molecular weight is 325 g/mol. The molecule has 0 bridgehead atoms. The van der Waals surface area contributed by atoms with Gasteiger partial charge >= 0.3 is 0 Å². The van der Waals surface area contributed by atoms with Crippen molar-refractivity contribution < 1.29 is 4.79 Å². The predicted molar refractivity (Wildman–Crippen MR) is 84.9 cm³/mol. The van der Waals surface area contributed by atoms with Gasteiger partial charge in [-0.25, -0.2) is 0 Å². The number of carbonyl (C=O) groups is 1. The van der Waals surface area contributed by atoms with E-state index in [1.807, 2.05) is 0 Å². The Morgan fingerprint density at radius 3 is 2.52 bits per heavy atom. The molecule has 0 unspecified atom stereocenters. The second kappa shape index (κ2) is 7.09. The number of nitrogens with one attached hydrogen (secondary N) is 1. The summed E-state index contributed by atoms with van der Waals surface area (Å²) in [6, 6.07) is 7.03. The zero-order valence-corrected chi connectivity index (χ0v) is 12.5. The summed E-state index contributed by atoms with van der Waals surface area (Å²) in [4.78, 5) is 23.3. The maximum atomic E-state index is 11.8. The standard InChI is InChI=1S/C12H13ClN6OS/c13-7-3-1-2-4-8(7)16-10(20)6-21-5-9-17-11(14)19-12(15)18-9/h1-4H,5-6H2,(H,16,20)(H4,14,15,17,18,19). The number of hydrogen-bond donors (Lipinski definition) is 3. The van der Waals surface area contributed by atoms with Crippen LogP contribution < -0.4 is 16.8 Å². The number of rotatable bonds is 5. The smallest absolute Gasteiger partial charge is 0.234 e. The highest BCUT2D eigenvalue weighted by molar-refractivity contribution is 7.99. The third kappa shape index (κ3) is 4.76. The normalized spacial score (nSPS) is 10.3. The molecule has 7 nitrogen and oxygen atoms in total. The molecule has 2 aromatic rings. The number of amides is 1. The van der Waals surface area contributed by atoms with E-state index in [1.54, 1.807) is 24.3 Å². The summed E-state index contributed by atoms with van der Waals surface area (Å²) in [6.07, 6.45) is 0. The third-order valence-corrected chi connectivity index (χ3v) is 3.59. The lowest BCUT2D eigenvalue weighted by molar-refractivity contribution is -0.113. The van der Waals surface area contributed by atoms with E-state index in [0.717, 1.165) is 0 Å². The molecule has 1 aromatic heterocycles. The number of carbonyl (C=O) groups excluding carboxylic acids is 1. The second-order valence-electron chi connectivity index (χ2n) is 3.99. The molecule has 0 spiro atoms. The number of aromatic nitrogens is 3. The van der Waals surface area contributed by atoms with Crippen LogP contribution in [0.4, 0.5) is 17.6 Å². The molecule has 9 heteroatoms. The Hall–Kier alpha value is -2.06. The van der Waals surface area contributed by atoms with Gasteiger partial charge in [-0.15, -0.1) is 11.8 Å². The van der Waals surface area contributed by atoms with Gasteiger partial charge in [0.05, 0.1) is 22.2 Å². The molecule has 0 aliphatic heterocycles. The number of para-hydroxylation sites is 1. The summed E-state index contributed by atoms with van der Waals surface area (Å²) >= 11 is 7.29. The maximum absolute atomic E-state index is 11.8. The van der Waals surface area contributed by atoms with Gasteiger partial charge in [0.25, 0.3) is 0 Å². The number of benzene rings is 1. The first-order valence-corrected chi connectivity index (χ1v) is 7.46. The zero-order valence-electron chi connectivity index (χ0n) is 10.9. The van der Waals surface area contributed by atoms with Gasteiger partial charge in [0.2, 0.25) is 17.8 Å². The molecular weight excluding hydrogens is 312 g/mol. The first-order valence-electron chi connectivity index (χ1n) is 5.92. The molecule has 2 rings (SSSR count). The molecule has 0 saturated carbocycles. The van der Waals surface area contributed by atoms with Gasteiger partial charge in [-0.05, 0) is 12.1 Å². The van der Waals surface area contributed by atoms with Crippen LogP contribution in [-0.4, -0.2) is 26.6 Å². The van der Waals surface area contributed by atoms with Gasteiger partial charge in [0, 0.05) is 0 Å². The molecule has 110 valence electrons. The van der Waals surface area contributed by atoms with Gasteiger partial charge in [-0.1, -0.05) is 23.7 Å². The number of nitrogen functional groups attached to an aromatic ring is 2. The fourth-order valence-electron chi connectivity index (χ4n) is 1.51. The first-order chi connectivity index (χ1) is 10.0. The molecule has 1 heterocycles. The van der Waals surface area contributed by atoms with Crippen LogP contribution in [0.25, 0.3) is 0 Å². The number of thioether (sulfide) groups is 1. The summed E-state index contributed by atoms with van der Waals surface area (Å²) in [5.74, 6) is 1.06. The molecule has 21 heavy (non-hydrogen) atoms. The third-order valence-electron chi connectivity index (χ3n) is 2.33. The van der Waals surface area contributed by atoms with E-state index in [1.165, 1.54) is 11.8 Å². The lowest BCUT2D eigenvalue weighted by Crippen LogP contribution is -2.14. The van der Waals surface area contributed by atoms with Gasteiger partial charge in [0.15, 0.2) is 0 Å². The van der Waals surface area contributed by atoms with E-state index < -0.39 is 0 Å². The zero-order chi connectivity index (χ0) is 15.2. The number of nitrogens with two attached hydrogens (primary N) is 2. The van der Waals surface area contributed by atoms with Crippen LogP contribution >= 0.6 is 23.4 Å². The van der Waals surface area contributed by atoms with Crippen molar-refractivity contribution >= 4 is 46.9 Å². The van der Waals surface area contributed by atoms with Crippen molar-refractivity contribution in [2.24, 2.45) is 0 Å². The monoisotopic (exact) mass is 324 g/mol. The largest absolute Gasteiger partial charge is 0.368 e. The number of hydrogen-bond acceptors (Lipinski definition) is 7. The highest BCUT2D eigenvalue weighted by Gasteiger charge is 2.07. The Labute approximate surface area is 130 Å². The van der Waals surface area contributed by atoms with Crippen molar-refractivity contribution in [3.8, 4) is 0 Å². The average Bonchev–Trinajstić information content (AvgIpc) is 2.40. The molecule has 5 N–H and O–H groups in total. The highest BCUT2D eigenvalue weighted by Crippen LogP contribution is 2.20. The Morgan fingerprint density at radius 1 is 1.19 bits per heavy atom. The lowest BCUT2D eigenvalue weighted by Gasteiger charge is -2.06. The highest BCUT2D eigenvalue weighted by atomic mass is 35.5. The van der Waals surface area contributed by atoms with Crippen molar-refractivity contribution in [3.63, 3.8) is 0 Å². The van der Waals surface area contributed by atoms with Crippen LogP contribution in [0.5, 0.6) is 0 Å². The summed E-state index contributed by atoms with van der Waals surface area (Å²) in [5, 5.41) is 3.22. The topological polar surface area (TPSA) is 120 Å². The van der Waals surface area contributed by atoms with Crippen molar-refractivity contribution in [2.75, 3.05) is 22.5 Å². The molecule has 0 radical (unpaired) electrons. The van der Waals surface area contributed by atoms with E-state index in [4.69, 9.17) is 23.1 Å². The Bertz CT molecular complexity index is 633. The second-order valence-corrected chi connectivity index (χ2v) is 5.38. The minimum Gasteiger partial charge on any atom is -0.368 e. The Kier molecular flexibility index (Phi) is 5.18. The fourth-order valence-corrected chi connectivity index (χ4v) is 2.36. The molecule has 1 aromatic carbocycles. The molecule has 1 amide bonds. The number of anilines is 3. The van der Waals surface area contributed by atoms with Crippen LogP contribution in [-0.2, 0) is 10.5 Å². The molecule has 0 atom stereocenters. The van der Waals surface area contributed by atoms with E-state index in [-0.39, 0.29) is 23.6 Å². The summed E-state index contributed by atoms with van der Waals surface area (Å²) in [7, 11) is 0. The minimum atomic E-state index is -0.164. The van der Waals surface area contributed by atoms with E-state index in [9.17, 15) is 4.79 Å². The molecule has 0 saturated heterocycles. The summed E-state index contributed by atoms with van der Waals surface area (Å²) < 4.78 is 0. The Morgan fingerprint density at radius 2 is 1.86 bits per heavy atom. The quantitative estimate of drug-likeness (QED) is 0.763. The molecule has 0 aliphatic rings. The van der Waals surface area contributed by atoms with Crippen molar-refractivity contribution in [1.29, 1.82) is 0 Å². The van der Waals surface area contributed by atoms with Crippen LogP contribution in [0.3, 0.4) is 0 Å². The van der Waals surface area contributed by atoms with E-state index in [2.05, 4.69) is 20.3 Å². The van der Waals surface area contributed by atoms with E-state index in [0.29, 0.717) is 22.3 Å². The molecular formula is C12H13ClN6OS. The maximum Gasteiger partial charge on any atom is 0.234 e.